The molecule has 23 heavy (non-hydrogen) atoms. The molecule has 2 N–H and O–H groups in total. The third-order valence-corrected chi connectivity index (χ3v) is 3.88. The molecule has 7 nitrogen and oxygen atoms in total. The number of piperidine rings is 1. The van der Waals surface area contributed by atoms with Crippen LogP contribution >= 0.6 is 0 Å². The van der Waals surface area contributed by atoms with Crippen LogP contribution in [0.2, 0.25) is 0 Å². The first-order valence-electron chi connectivity index (χ1n) is 7.53. The summed E-state index contributed by atoms with van der Waals surface area (Å²) in [5.74, 6) is 0.0103. The van der Waals surface area contributed by atoms with Gasteiger partial charge in [-0.2, -0.15) is 0 Å². The number of methoxy groups -OCH3 is 2. The van der Waals surface area contributed by atoms with E-state index in [-0.39, 0.29) is 12.5 Å². The standard InChI is InChI=1S/C16H22N2O5/c1-22-12-7-11(8-13(9-12)23-2)17-15(19)10-18-6-4-3-5-14(18)16(20)21/h7-9,14H,3-6,10H2,1-2H3,(H,17,19)(H,20,21). The van der Waals surface area contributed by atoms with Crippen molar-refractivity contribution in [1.29, 1.82) is 0 Å². The predicted molar refractivity (Wildman–Crippen MR) is 85.0 cm³/mol. The summed E-state index contributed by atoms with van der Waals surface area (Å²) in [6.07, 6.45) is 2.36. The van der Waals surface area contributed by atoms with Crippen LogP contribution < -0.4 is 14.8 Å². The van der Waals surface area contributed by atoms with E-state index in [9.17, 15) is 14.7 Å². The summed E-state index contributed by atoms with van der Waals surface area (Å²) in [4.78, 5) is 25.2. The number of benzene rings is 1. The maximum Gasteiger partial charge on any atom is 0.320 e. The van der Waals surface area contributed by atoms with Crippen LogP contribution in [0.1, 0.15) is 19.3 Å². The van der Waals surface area contributed by atoms with Crippen molar-refractivity contribution in [2.75, 3.05) is 32.6 Å². The first-order valence-corrected chi connectivity index (χ1v) is 7.53. The highest BCUT2D eigenvalue weighted by Gasteiger charge is 2.29. The van der Waals surface area contributed by atoms with Crippen molar-refractivity contribution < 1.29 is 24.2 Å². The largest absolute Gasteiger partial charge is 0.497 e. The number of rotatable bonds is 6. The van der Waals surface area contributed by atoms with Gasteiger partial charge in [0.25, 0.3) is 0 Å². The van der Waals surface area contributed by atoms with Gasteiger partial charge in [0.15, 0.2) is 0 Å². The van der Waals surface area contributed by atoms with Crippen LogP contribution in [0.5, 0.6) is 11.5 Å². The lowest BCUT2D eigenvalue weighted by Crippen LogP contribution is -2.47. The molecule has 2 rings (SSSR count). The molecule has 1 fully saturated rings. The molecule has 1 saturated heterocycles. The van der Waals surface area contributed by atoms with Crippen molar-refractivity contribution in [3.63, 3.8) is 0 Å². The zero-order chi connectivity index (χ0) is 16.8. The minimum atomic E-state index is -0.874. The molecule has 0 saturated carbocycles. The molecular weight excluding hydrogens is 300 g/mol. The van der Waals surface area contributed by atoms with Crippen molar-refractivity contribution in [1.82, 2.24) is 4.90 Å². The lowest BCUT2D eigenvalue weighted by atomic mass is 10.0. The van der Waals surface area contributed by atoms with Crippen molar-refractivity contribution in [3.05, 3.63) is 18.2 Å². The van der Waals surface area contributed by atoms with Gasteiger partial charge in [-0.25, -0.2) is 0 Å². The molecule has 7 heteroatoms. The number of hydrogen-bond donors (Lipinski definition) is 2. The van der Waals surface area contributed by atoms with Gasteiger partial charge in [0, 0.05) is 23.9 Å². The SMILES string of the molecule is COc1cc(NC(=O)CN2CCCCC2C(=O)O)cc(OC)c1. The predicted octanol–water partition coefficient (Wildman–Crippen LogP) is 1.58. The molecule has 0 radical (unpaired) electrons. The second-order valence-corrected chi connectivity index (χ2v) is 5.47. The number of anilines is 1. The average Bonchev–Trinajstić information content (AvgIpc) is 2.54. The van der Waals surface area contributed by atoms with Crippen LogP contribution in [-0.4, -0.2) is 55.2 Å². The Morgan fingerprint density at radius 1 is 1.22 bits per heavy atom. The fraction of sp³-hybridized carbons (Fsp3) is 0.500. The minimum Gasteiger partial charge on any atom is -0.497 e. The minimum absolute atomic E-state index is 0.0521. The summed E-state index contributed by atoms with van der Waals surface area (Å²) in [5, 5.41) is 12.0. The summed E-state index contributed by atoms with van der Waals surface area (Å²) in [6, 6.07) is 4.49. The third kappa shape index (κ3) is 4.59. The maximum absolute atomic E-state index is 12.2. The van der Waals surface area contributed by atoms with Gasteiger partial charge in [-0.15, -0.1) is 0 Å². The number of likely N-dealkylation sites (tertiary alicyclic amines) is 1. The van der Waals surface area contributed by atoms with Gasteiger partial charge in [-0.05, 0) is 19.4 Å². The number of nitrogens with one attached hydrogen (secondary N) is 1. The van der Waals surface area contributed by atoms with Gasteiger partial charge >= 0.3 is 5.97 Å². The third-order valence-electron chi connectivity index (χ3n) is 3.88. The van der Waals surface area contributed by atoms with Crippen LogP contribution in [0.3, 0.4) is 0 Å². The van der Waals surface area contributed by atoms with Gasteiger partial charge < -0.3 is 19.9 Å². The van der Waals surface area contributed by atoms with Crippen molar-refractivity contribution in [2.24, 2.45) is 0 Å². The van der Waals surface area contributed by atoms with Crippen LogP contribution in [0, 0.1) is 0 Å². The van der Waals surface area contributed by atoms with E-state index in [1.165, 1.54) is 14.2 Å². The normalized spacial score (nSPS) is 18.3. The molecule has 0 aliphatic carbocycles. The number of aliphatic carboxylic acids is 1. The van der Waals surface area contributed by atoms with Gasteiger partial charge in [0.1, 0.15) is 17.5 Å². The highest BCUT2D eigenvalue weighted by molar-refractivity contribution is 5.93. The fourth-order valence-electron chi connectivity index (χ4n) is 2.72. The van der Waals surface area contributed by atoms with E-state index in [0.717, 1.165) is 12.8 Å². The summed E-state index contributed by atoms with van der Waals surface area (Å²) < 4.78 is 10.3. The average molecular weight is 322 g/mol. The molecule has 1 aliphatic heterocycles. The second kappa shape index (κ2) is 7.82. The van der Waals surface area contributed by atoms with Crippen LogP contribution in [0.25, 0.3) is 0 Å². The number of carbonyl (C=O) groups excluding carboxylic acids is 1. The molecule has 1 atom stereocenters. The summed E-state index contributed by atoms with van der Waals surface area (Å²) in [5.41, 5.74) is 0.551. The molecular formula is C16H22N2O5. The number of nitrogens with zero attached hydrogens (tertiary/aromatic N) is 1. The second-order valence-electron chi connectivity index (χ2n) is 5.47. The number of ether oxygens (including phenoxy) is 2. The van der Waals surface area contributed by atoms with E-state index < -0.39 is 12.0 Å². The van der Waals surface area contributed by atoms with E-state index >= 15 is 0 Å². The highest BCUT2D eigenvalue weighted by Crippen LogP contribution is 2.26. The van der Waals surface area contributed by atoms with Crippen molar-refractivity contribution in [3.8, 4) is 11.5 Å². The van der Waals surface area contributed by atoms with Gasteiger partial charge in [-0.1, -0.05) is 6.42 Å². The molecule has 1 aliphatic rings. The van der Waals surface area contributed by atoms with E-state index in [1.54, 1.807) is 23.1 Å². The Morgan fingerprint density at radius 2 is 1.87 bits per heavy atom. The highest BCUT2D eigenvalue weighted by atomic mass is 16.5. The molecule has 1 aromatic carbocycles. The van der Waals surface area contributed by atoms with Crippen molar-refractivity contribution in [2.45, 2.75) is 25.3 Å². The van der Waals surface area contributed by atoms with E-state index in [4.69, 9.17) is 9.47 Å². The topological polar surface area (TPSA) is 88.1 Å². The molecule has 1 amide bonds. The lowest BCUT2D eigenvalue weighted by molar-refractivity contribution is -0.145. The monoisotopic (exact) mass is 322 g/mol. The Kier molecular flexibility index (Phi) is 5.81. The Labute approximate surface area is 135 Å². The number of carbonyl (C=O) groups is 2. The van der Waals surface area contributed by atoms with Gasteiger partial charge in [0.05, 0.1) is 20.8 Å². The molecule has 0 spiro atoms. The van der Waals surface area contributed by atoms with E-state index in [2.05, 4.69) is 5.32 Å². The molecule has 1 unspecified atom stereocenters. The molecule has 0 aromatic heterocycles. The van der Waals surface area contributed by atoms with Crippen LogP contribution in [0.4, 0.5) is 5.69 Å². The zero-order valence-corrected chi connectivity index (χ0v) is 13.4. The molecule has 1 heterocycles. The number of hydrogen-bond acceptors (Lipinski definition) is 5. The van der Waals surface area contributed by atoms with E-state index in [0.29, 0.717) is 30.2 Å². The first kappa shape index (κ1) is 17.1. The number of carboxylic acids is 1. The van der Waals surface area contributed by atoms with Crippen LogP contribution in [-0.2, 0) is 9.59 Å². The Balaban J connectivity index is 2.02. The fourth-order valence-corrected chi connectivity index (χ4v) is 2.72. The summed E-state index contributed by atoms with van der Waals surface area (Å²) in [6.45, 7) is 0.669. The maximum atomic E-state index is 12.2. The summed E-state index contributed by atoms with van der Waals surface area (Å²) in [7, 11) is 3.07. The zero-order valence-electron chi connectivity index (χ0n) is 13.4. The first-order chi connectivity index (χ1) is 11.0. The lowest BCUT2D eigenvalue weighted by Gasteiger charge is -2.32. The summed E-state index contributed by atoms with van der Waals surface area (Å²) >= 11 is 0. The van der Waals surface area contributed by atoms with Gasteiger partial charge in [-0.3, -0.25) is 14.5 Å². The molecule has 0 bridgehead atoms. The number of carboxylic acid groups (broad SMARTS) is 1. The Bertz CT molecular complexity index is 553. The Hall–Kier alpha value is -2.28. The smallest absolute Gasteiger partial charge is 0.320 e. The molecule has 1 aromatic rings. The van der Waals surface area contributed by atoms with Gasteiger partial charge in [0.2, 0.25) is 5.91 Å². The van der Waals surface area contributed by atoms with E-state index in [1.807, 2.05) is 0 Å². The Morgan fingerprint density at radius 3 is 2.43 bits per heavy atom. The molecule has 126 valence electrons. The quantitative estimate of drug-likeness (QED) is 0.827. The van der Waals surface area contributed by atoms with Crippen molar-refractivity contribution >= 4 is 17.6 Å². The number of amides is 1. The van der Waals surface area contributed by atoms with Crippen LogP contribution in [0.15, 0.2) is 18.2 Å².